The number of nitrogens with zero attached hydrogens (tertiary/aromatic N) is 3. The topological polar surface area (TPSA) is 180 Å². The largest absolute Gasteiger partial charge is 0.393 e. The first kappa shape index (κ1) is 17.4. The third-order valence-electron chi connectivity index (χ3n) is 5.66. The van der Waals surface area contributed by atoms with Crippen LogP contribution < -0.4 is 11.3 Å². The predicted octanol–water partition coefficient (Wildman–Crippen LogP) is -2.37. The van der Waals surface area contributed by atoms with Crippen LogP contribution >= 0.6 is 0 Å². The smallest absolute Gasteiger partial charge is 0.280 e. The van der Waals surface area contributed by atoms with Gasteiger partial charge in [-0.05, 0) is 12.8 Å². The van der Waals surface area contributed by atoms with E-state index in [1.54, 1.807) is 0 Å². The van der Waals surface area contributed by atoms with Gasteiger partial charge < -0.3 is 30.9 Å². The van der Waals surface area contributed by atoms with E-state index in [1.807, 2.05) is 0 Å². The maximum Gasteiger partial charge on any atom is 0.280 e. The number of H-pyrrole nitrogens is 1. The molecule has 0 bridgehead atoms. The van der Waals surface area contributed by atoms with Gasteiger partial charge in [0.1, 0.15) is 17.8 Å². The van der Waals surface area contributed by atoms with Crippen LogP contribution in [-0.2, 0) is 10.5 Å². The van der Waals surface area contributed by atoms with Crippen molar-refractivity contribution >= 4 is 17.1 Å². The third kappa shape index (κ3) is 2.03. The average molecular weight is 367 g/mol. The number of imidazole rings is 1. The summed E-state index contributed by atoms with van der Waals surface area (Å²) in [5.74, 6) is -0.358. The number of nitrogens with two attached hydrogens (primary N) is 1. The molecule has 11 nitrogen and oxygen atoms in total. The molecule has 0 radical (unpaired) electrons. The molecule has 1 saturated carbocycles. The maximum atomic E-state index is 12.1. The van der Waals surface area contributed by atoms with Gasteiger partial charge in [-0.3, -0.25) is 14.3 Å². The molecule has 2 aromatic rings. The maximum absolute atomic E-state index is 12.1. The molecule has 1 aliphatic heterocycles. The van der Waals surface area contributed by atoms with E-state index in [-0.39, 0.29) is 23.0 Å². The summed E-state index contributed by atoms with van der Waals surface area (Å²) in [6, 6.07) is 0. The van der Waals surface area contributed by atoms with Crippen molar-refractivity contribution in [3.05, 3.63) is 16.7 Å². The van der Waals surface area contributed by atoms with Gasteiger partial charge in [0.2, 0.25) is 5.95 Å². The number of ether oxygens (including phenoxy) is 1. The summed E-state index contributed by atoms with van der Waals surface area (Å²) in [4.78, 5) is 22.6. The molecule has 11 heteroatoms. The first-order valence-corrected chi connectivity index (χ1v) is 8.41. The molecule has 26 heavy (non-hydrogen) atoms. The van der Waals surface area contributed by atoms with Gasteiger partial charge in [0.05, 0.1) is 19.5 Å². The van der Waals surface area contributed by atoms with E-state index in [0.29, 0.717) is 12.8 Å². The first-order chi connectivity index (χ1) is 12.4. The van der Waals surface area contributed by atoms with Crippen molar-refractivity contribution in [2.45, 2.75) is 42.8 Å². The number of hydrogen-bond donors (Lipinski definition) is 6. The fraction of sp³-hybridized carbons (Fsp3) is 0.667. The fourth-order valence-electron chi connectivity index (χ4n) is 3.98. The monoisotopic (exact) mass is 367 g/mol. The van der Waals surface area contributed by atoms with Crippen molar-refractivity contribution in [3.63, 3.8) is 0 Å². The molecular formula is C15H21N5O6. The van der Waals surface area contributed by atoms with Crippen LogP contribution in [0.15, 0.2) is 11.1 Å². The summed E-state index contributed by atoms with van der Waals surface area (Å²) < 4.78 is 7.41. The Morgan fingerprint density at radius 1 is 1.31 bits per heavy atom. The molecule has 0 unspecified atom stereocenters. The Hall–Kier alpha value is -2.05. The lowest BCUT2D eigenvalue weighted by atomic mass is 9.74. The molecule has 1 saturated heterocycles. The van der Waals surface area contributed by atoms with E-state index in [9.17, 15) is 25.2 Å². The highest BCUT2D eigenvalue weighted by atomic mass is 16.6. The Morgan fingerprint density at radius 2 is 2.00 bits per heavy atom. The number of anilines is 1. The minimum atomic E-state index is -1.75. The average Bonchev–Trinajstić information content (AvgIpc) is 3.08. The zero-order valence-corrected chi connectivity index (χ0v) is 13.9. The third-order valence-corrected chi connectivity index (χ3v) is 5.66. The van der Waals surface area contributed by atoms with Crippen molar-refractivity contribution in [3.8, 4) is 0 Å². The van der Waals surface area contributed by atoms with Crippen molar-refractivity contribution in [2.24, 2.45) is 5.92 Å². The number of fused-ring (bicyclic) bond motifs is 1. The lowest BCUT2D eigenvalue weighted by Crippen LogP contribution is -2.53. The fourth-order valence-corrected chi connectivity index (χ4v) is 3.98. The van der Waals surface area contributed by atoms with Crippen LogP contribution in [0.2, 0.25) is 0 Å². The Bertz CT molecular complexity index is 888. The summed E-state index contributed by atoms with van der Waals surface area (Å²) in [5.41, 5.74) is 1.91. The van der Waals surface area contributed by atoms with Crippen LogP contribution in [-0.4, -0.2) is 71.0 Å². The Morgan fingerprint density at radius 3 is 2.54 bits per heavy atom. The van der Waals surface area contributed by atoms with Gasteiger partial charge in [0.15, 0.2) is 16.9 Å². The second-order valence-corrected chi connectivity index (χ2v) is 6.99. The minimum Gasteiger partial charge on any atom is -0.393 e. The molecule has 3 atom stereocenters. The molecule has 2 aliphatic rings. The van der Waals surface area contributed by atoms with Crippen molar-refractivity contribution < 1.29 is 25.2 Å². The van der Waals surface area contributed by atoms with Crippen LogP contribution in [0.3, 0.4) is 0 Å². The van der Waals surface area contributed by atoms with Crippen molar-refractivity contribution in [1.82, 2.24) is 19.5 Å². The van der Waals surface area contributed by atoms with E-state index in [4.69, 9.17) is 10.5 Å². The van der Waals surface area contributed by atoms with Gasteiger partial charge in [0.25, 0.3) is 5.56 Å². The van der Waals surface area contributed by atoms with E-state index >= 15 is 0 Å². The number of hydrogen-bond acceptors (Lipinski definition) is 9. The van der Waals surface area contributed by atoms with Crippen LogP contribution in [0, 0.1) is 5.92 Å². The molecule has 0 aromatic carbocycles. The Labute approximate surface area is 147 Å². The molecule has 3 heterocycles. The highest BCUT2D eigenvalue weighted by Gasteiger charge is 2.66. The normalized spacial score (nSPS) is 31.4. The van der Waals surface area contributed by atoms with Gasteiger partial charge in [0, 0.05) is 5.92 Å². The van der Waals surface area contributed by atoms with Crippen molar-refractivity contribution in [2.75, 3.05) is 18.9 Å². The quantitative estimate of drug-likeness (QED) is 0.344. The molecular weight excluding hydrogens is 346 g/mol. The van der Waals surface area contributed by atoms with Gasteiger partial charge in [-0.15, -0.1) is 0 Å². The number of aromatic amines is 1. The SMILES string of the molecule is Nc1nc2c(ncn2[C@]2(C3CCC3)OC(CO)(CO)[C@@H](O)[C@H]2O)c(=O)[nH]1. The molecule has 7 N–H and O–H groups in total. The number of rotatable bonds is 4. The molecule has 1 aliphatic carbocycles. The lowest BCUT2D eigenvalue weighted by molar-refractivity contribution is -0.235. The molecule has 0 spiro atoms. The Kier molecular flexibility index (Phi) is 3.82. The second-order valence-electron chi connectivity index (χ2n) is 6.99. The summed E-state index contributed by atoms with van der Waals surface area (Å²) in [6.45, 7) is -1.39. The summed E-state index contributed by atoms with van der Waals surface area (Å²) >= 11 is 0. The highest BCUT2D eigenvalue weighted by molar-refractivity contribution is 5.71. The number of aliphatic hydroxyl groups excluding tert-OH is 4. The standard InChI is InChI=1S/C15H21N5O6/c16-13-18-11-8(12(25)19-13)17-6-20(11)15(7-2-1-3-7)10(24)9(23)14(4-21,5-22)26-15/h6-7,9-10,21-24H,1-5H2,(H3,16,18,19,25)/t9-,10+,15+/m0/s1. The van der Waals surface area contributed by atoms with Gasteiger partial charge in [-0.25, -0.2) is 4.98 Å². The van der Waals surface area contributed by atoms with Crippen LogP contribution in [0.1, 0.15) is 19.3 Å². The molecule has 0 amide bonds. The van der Waals surface area contributed by atoms with E-state index in [2.05, 4.69) is 15.0 Å². The zero-order valence-electron chi connectivity index (χ0n) is 13.9. The number of aliphatic hydroxyl groups is 4. The number of nitrogens with one attached hydrogen (secondary N) is 1. The second kappa shape index (κ2) is 5.72. The number of nitrogen functional groups attached to an aromatic ring is 1. The van der Waals surface area contributed by atoms with Crippen LogP contribution in [0.25, 0.3) is 11.2 Å². The van der Waals surface area contributed by atoms with Gasteiger partial charge in [-0.1, -0.05) is 6.42 Å². The minimum absolute atomic E-state index is 0.00804. The van der Waals surface area contributed by atoms with Gasteiger partial charge >= 0.3 is 0 Å². The summed E-state index contributed by atoms with van der Waals surface area (Å²) in [5, 5.41) is 40.9. The Balaban J connectivity index is 1.97. The van der Waals surface area contributed by atoms with Crippen LogP contribution in [0.5, 0.6) is 0 Å². The first-order valence-electron chi connectivity index (χ1n) is 8.41. The zero-order chi connectivity index (χ0) is 18.7. The highest BCUT2D eigenvalue weighted by Crippen LogP contribution is 2.52. The predicted molar refractivity (Wildman–Crippen MR) is 87.9 cm³/mol. The molecule has 4 rings (SSSR count). The molecule has 142 valence electrons. The number of aromatic nitrogens is 4. The van der Waals surface area contributed by atoms with Crippen molar-refractivity contribution in [1.29, 1.82) is 0 Å². The summed E-state index contributed by atoms with van der Waals surface area (Å²) in [7, 11) is 0. The molecule has 2 aromatic heterocycles. The van der Waals surface area contributed by atoms with E-state index in [1.165, 1.54) is 10.9 Å². The summed E-state index contributed by atoms with van der Waals surface area (Å²) in [6.07, 6.45) is 0.545. The van der Waals surface area contributed by atoms with Gasteiger partial charge in [-0.2, -0.15) is 4.98 Å². The van der Waals surface area contributed by atoms with Crippen LogP contribution in [0.4, 0.5) is 5.95 Å². The van der Waals surface area contributed by atoms with E-state index < -0.39 is 42.3 Å². The molecule has 2 fully saturated rings. The lowest BCUT2D eigenvalue weighted by Gasteiger charge is -2.45. The van der Waals surface area contributed by atoms with E-state index in [0.717, 1.165) is 6.42 Å².